The Balaban J connectivity index is 2.71. The summed E-state index contributed by atoms with van der Waals surface area (Å²) >= 11 is 0. The minimum absolute atomic E-state index is 0.147. The Morgan fingerprint density at radius 3 is 2.76 bits per heavy atom. The standard InChI is InChI=1S/C13H23N3O/c1-5-14-12-8-11(6-7-15-12)9-16(4)13(2,3)10-17/h6-8,17H,5,9-10H2,1-4H3,(H,14,15). The molecule has 0 aromatic carbocycles. The quantitative estimate of drug-likeness (QED) is 0.791. The maximum atomic E-state index is 9.31. The SMILES string of the molecule is CCNc1cc(CN(C)C(C)(C)CO)ccn1. The molecule has 0 spiro atoms. The highest BCUT2D eigenvalue weighted by Crippen LogP contribution is 2.16. The molecule has 0 saturated heterocycles. The van der Waals surface area contributed by atoms with Gasteiger partial charge in [0.05, 0.1) is 6.61 Å². The third kappa shape index (κ3) is 3.98. The van der Waals surface area contributed by atoms with E-state index >= 15 is 0 Å². The fourth-order valence-electron chi connectivity index (χ4n) is 1.46. The summed E-state index contributed by atoms with van der Waals surface area (Å²) in [6.07, 6.45) is 1.81. The van der Waals surface area contributed by atoms with Gasteiger partial charge in [-0.1, -0.05) is 0 Å². The first-order chi connectivity index (χ1) is 7.99. The number of pyridine rings is 1. The molecule has 1 heterocycles. The highest BCUT2D eigenvalue weighted by atomic mass is 16.3. The van der Waals surface area contributed by atoms with Crippen molar-refractivity contribution in [3.8, 4) is 0 Å². The molecule has 0 amide bonds. The average Bonchev–Trinajstić information content (AvgIpc) is 2.30. The van der Waals surface area contributed by atoms with Crippen LogP contribution >= 0.6 is 0 Å². The Hall–Kier alpha value is -1.13. The van der Waals surface area contributed by atoms with Gasteiger partial charge >= 0.3 is 0 Å². The summed E-state index contributed by atoms with van der Waals surface area (Å²) in [6, 6.07) is 4.05. The van der Waals surface area contributed by atoms with Crippen molar-refractivity contribution in [3.05, 3.63) is 23.9 Å². The van der Waals surface area contributed by atoms with Crippen LogP contribution in [0.2, 0.25) is 0 Å². The maximum absolute atomic E-state index is 9.31. The van der Waals surface area contributed by atoms with E-state index in [1.807, 2.05) is 39.2 Å². The van der Waals surface area contributed by atoms with Crippen LogP contribution in [0.1, 0.15) is 26.3 Å². The zero-order valence-electron chi connectivity index (χ0n) is 11.2. The number of likely N-dealkylation sites (N-methyl/N-ethyl adjacent to an activating group) is 1. The molecule has 0 atom stereocenters. The zero-order chi connectivity index (χ0) is 12.9. The smallest absolute Gasteiger partial charge is 0.126 e. The summed E-state index contributed by atoms with van der Waals surface area (Å²) in [7, 11) is 2.02. The second-order valence-corrected chi connectivity index (χ2v) is 4.91. The lowest BCUT2D eigenvalue weighted by atomic mass is 10.0. The Kier molecular flexibility index (Phi) is 4.90. The molecule has 0 bridgehead atoms. The van der Waals surface area contributed by atoms with Gasteiger partial charge in [0.1, 0.15) is 5.82 Å². The van der Waals surface area contributed by atoms with E-state index in [0.29, 0.717) is 0 Å². The van der Waals surface area contributed by atoms with Crippen molar-refractivity contribution in [3.63, 3.8) is 0 Å². The average molecular weight is 237 g/mol. The van der Waals surface area contributed by atoms with Crippen LogP contribution in [-0.4, -0.2) is 40.7 Å². The van der Waals surface area contributed by atoms with Gasteiger partial charge in [-0.15, -0.1) is 0 Å². The molecular formula is C13H23N3O. The molecular weight excluding hydrogens is 214 g/mol. The summed E-state index contributed by atoms with van der Waals surface area (Å²) in [5.41, 5.74) is 0.988. The van der Waals surface area contributed by atoms with E-state index in [0.717, 1.165) is 18.9 Å². The van der Waals surface area contributed by atoms with Crippen molar-refractivity contribution in [2.45, 2.75) is 32.9 Å². The van der Waals surface area contributed by atoms with Crippen LogP contribution < -0.4 is 5.32 Å². The first-order valence-electron chi connectivity index (χ1n) is 6.00. The van der Waals surface area contributed by atoms with E-state index in [1.165, 1.54) is 5.56 Å². The van der Waals surface area contributed by atoms with Gasteiger partial charge in [-0.2, -0.15) is 0 Å². The fraction of sp³-hybridized carbons (Fsp3) is 0.615. The third-order valence-electron chi connectivity index (χ3n) is 3.02. The lowest BCUT2D eigenvalue weighted by molar-refractivity contribution is 0.0734. The number of anilines is 1. The van der Waals surface area contributed by atoms with Crippen molar-refractivity contribution in [1.82, 2.24) is 9.88 Å². The molecule has 1 aromatic heterocycles. The number of hydrogen-bond donors (Lipinski definition) is 2. The number of aromatic nitrogens is 1. The monoisotopic (exact) mass is 237 g/mol. The summed E-state index contributed by atoms with van der Waals surface area (Å²) in [6.45, 7) is 7.92. The lowest BCUT2D eigenvalue weighted by Gasteiger charge is -2.33. The highest BCUT2D eigenvalue weighted by molar-refractivity contribution is 5.37. The Bertz CT molecular complexity index is 352. The number of nitrogens with one attached hydrogen (secondary N) is 1. The van der Waals surface area contributed by atoms with E-state index in [9.17, 15) is 5.11 Å². The van der Waals surface area contributed by atoms with E-state index in [-0.39, 0.29) is 12.1 Å². The summed E-state index contributed by atoms with van der Waals surface area (Å²) < 4.78 is 0. The van der Waals surface area contributed by atoms with Gasteiger partial charge in [-0.25, -0.2) is 4.98 Å². The second-order valence-electron chi connectivity index (χ2n) is 4.91. The topological polar surface area (TPSA) is 48.4 Å². The zero-order valence-corrected chi connectivity index (χ0v) is 11.2. The third-order valence-corrected chi connectivity index (χ3v) is 3.02. The number of nitrogens with zero attached hydrogens (tertiary/aromatic N) is 2. The minimum atomic E-state index is -0.207. The maximum Gasteiger partial charge on any atom is 0.126 e. The predicted molar refractivity (Wildman–Crippen MR) is 71.0 cm³/mol. The molecule has 0 aliphatic rings. The van der Waals surface area contributed by atoms with Gasteiger partial charge in [0.2, 0.25) is 0 Å². The van der Waals surface area contributed by atoms with E-state index in [1.54, 1.807) is 0 Å². The van der Waals surface area contributed by atoms with Crippen LogP contribution in [0.25, 0.3) is 0 Å². The van der Waals surface area contributed by atoms with Crippen LogP contribution in [0.3, 0.4) is 0 Å². The Labute approximate surface area is 104 Å². The Morgan fingerprint density at radius 2 is 2.18 bits per heavy atom. The molecule has 4 nitrogen and oxygen atoms in total. The van der Waals surface area contributed by atoms with Gasteiger partial charge in [-0.3, -0.25) is 4.90 Å². The van der Waals surface area contributed by atoms with Crippen molar-refractivity contribution in [1.29, 1.82) is 0 Å². The normalized spacial score (nSPS) is 11.9. The van der Waals surface area contributed by atoms with Crippen LogP contribution in [0.5, 0.6) is 0 Å². The van der Waals surface area contributed by atoms with Crippen molar-refractivity contribution < 1.29 is 5.11 Å². The first kappa shape index (κ1) is 13.9. The molecule has 96 valence electrons. The predicted octanol–water partition coefficient (Wildman–Crippen LogP) is 1.72. The van der Waals surface area contributed by atoms with Crippen LogP contribution in [-0.2, 0) is 6.54 Å². The first-order valence-corrected chi connectivity index (χ1v) is 6.00. The lowest BCUT2D eigenvalue weighted by Crippen LogP contribution is -2.43. The number of hydrogen-bond acceptors (Lipinski definition) is 4. The van der Waals surface area contributed by atoms with Crippen molar-refractivity contribution >= 4 is 5.82 Å². The summed E-state index contributed by atoms with van der Waals surface area (Å²) in [5, 5.41) is 12.5. The largest absolute Gasteiger partial charge is 0.394 e. The van der Waals surface area contributed by atoms with Gasteiger partial charge in [-0.05, 0) is 45.5 Å². The minimum Gasteiger partial charge on any atom is -0.394 e. The van der Waals surface area contributed by atoms with Gasteiger partial charge in [0, 0.05) is 24.8 Å². The molecule has 0 fully saturated rings. The molecule has 0 radical (unpaired) electrons. The van der Waals surface area contributed by atoms with Gasteiger partial charge in [0.25, 0.3) is 0 Å². The van der Waals surface area contributed by atoms with Crippen LogP contribution in [0, 0.1) is 0 Å². The molecule has 0 saturated carbocycles. The molecule has 0 aliphatic carbocycles. The second kappa shape index (κ2) is 5.98. The Morgan fingerprint density at radius 1 is 1.47 bits per heavy atom. The highest BCUT2D eigenvalue weighted by Gasteiger charge is 2.22. The van der Waals surface area contributed by atoms with Crippen LogP contribution in [0.4, 0.5) is 5.82 Å². The number of rotatable bonds is 6. The van der Waals surface area contributed by atoms with Crippen molar-refractivity contribution in [2.24, 2.45) is 0 Å². The molecule has 0 aliphatic heterocycles. The summed E-state index contributed by atoms with van der Waals surface area (Å²) in [5.74, 6) is 0.903. The van der Waals surface area contributed by atoms with Crippen molar-refractivity contribution in [2.75, 3.05) is 25.5 Å². The summed E-state index contributed by atoms with van der Waals surface area (Å²) in [4.78, 5) is 6.38. The molecule has 4 heteroatoms. The van der Waals surface area contributed by atoms with E-state index in [4.69, 9.17) is 0 Å². The van der Waals surface area contributed by atoms with E-state index in [2.05, 4.69) is 22.1 Å². The number of aliphatic hydroxyl groups is 1. The van der Waals surface area contributed by atoms with Gasteiger partial charge in [0.15, 0.2) is 0 Å². The fourth-order valence-corrected chi connectivity index (χ4v) is 1.46. The molecule has 17 heavy (non-hydrogen) atoms. The van der Waals surface area contributed by atoms with Crippen LogP contribution in [0.15, 0.2) is 18.3 Å². The van der Waals surface area contributed by atoms with Gasteiger partial charge < -0.3 is 10.4 Å². The molecule has 0 unspecified atom stereocenters. The van der Waals surface area contributed by atoms with E-state index < -0.39 is 0 Å². The molecule has 1 aromatic rings. The molecule has 2 N–H and O–H groups in total. The molecule has 1 rings (SSSR count). The number of aliphatic hydroxyl groups excluding tert-OH is 1.